The number of rotatable bonds is 3. The standard InChI is InChI=1S/C7H5F3N2O3/c1-15-5-3(12(13)14)2-11-7(10)4(5)6(8)9/h2,6H,1H3. The summed E-state index contributed by atoms with van der Waals surface area (Å²) in [7, 11) is 0.938. The molecule has 0 bridgehead atoms. The summed E-state index contributed by atoms with van der Waals surface area (Å²) < 4.78 is 41.9. The summed E-state index contributed by atoms with van der Waals surface area (Å²) >= 11 is 0. The molecule has 0 N–H and O–H groups in total. The third-order valence-electron chi connectivity index (χ3n) is 1.62. The molecule has 82 valence electrons. The summed E-state index contributed by atoms with van der Waals surface area (Å²) in [4.78, 5) is 12.3. The Bertz CT molecular complexity index is 397. The van der Waals surface area contributed by atoms with Crippen molar-refractivity contribution in [2.45, 2.75) is 6.43 Å². The lowest BCUT2D eigenvalue weighted by molar-refractivity contribution is -0.386. The zero-order valence-corrected chi connectivity index (χ0v) is 7.41. The van der Waals surface area contributed by atoms with E-state index in [2.05, 4.69) is 9.72 Å². The molecule has 1 rings (SSSR count). The average molecular weight is 222 g/mol. The van der Waals surface area contributed by atoms with Gasteiger partial charge in [-0.2, -0.15) is 4.39 Å². The van der Waals surface area contributed by atoms with Crippen LogP contribution in [0.5, 0.6) is 5.75 Å². The molecule has 0 spiro atoms. The number of alkyl halides is 2. The molecule has 5 nitrogen and oxygen atoms in total. The van der Waals surface area contributed by atoms with Gasteiger partial charge in [0, 0.05) is 0 Å². The number of ether oxygens (including phenoxy) is 1. The highest BCUT2D eigenvalue weighted by Gasteiger charge is 2.28. The molecule has 0 saturated carbocycles. The number of pyridine rings is 1. The van der Waals surface area contributed by atoms with E-state index in [4.69, 9.17) is 0 Å². The minimum atomic E-state index is -3.23. The van der Waals surface area contributed by atoms with Gasteiger partial charge in [-0.1, -0.05) is 0 Å². The van der Waals surface area contributed by atoms with Crippen molar-refractivity contribution in [1.29, 1.82) is 0 Å². The number of aromatic nitrogens is 1. The van der Waals surface area contributed by atoms with Crippen LogP contribution in [0, 0.1) is 16.1 Å². The van der Waals surface area contributed by atoms with Crippen LogP contribution in [0.3, 0.4) is 0 Å². The molecular formula is C7H5F3N2O3. The van der Waals surface area contributed by atoms with Gasteiger partial charge in [-0.15, -0.1) is 0 Å². The van der Waals surface area contributed by atoms with Crippen molar-refractivity contribution in [3.63, 3.8) is 0 Å². The van der Waals surface area contributed by atoms with Crippen LogP contribution in [0.15, 0.2) is 6.20 Å². The van der Waals surface area contributed by atoms with Gasteiger partial charge in [0.1, 0.15) is 11.8 Å². The highest BCUT2D eigenvalue weighted by atomic mass is 19.3. The zero-order valence-electron chi connectivity index (χ0n) is 7.41. The van der Waals surface area contributed by atoms with E-state index in [0.717, 1.165) is 7.11 Å². The van der Waals surface area contributed by atoms with Gasteiger partial charge < -0.3 is 4.74 Å². The third-order valence-corrected chi connectivity index (χ3v) is 1.62. The van der Waals surface area contributed by atoms with Crippen molar-refractivity contribution in [2.24, 2.45) is 0 Å². The summed E-state index contributed by atoms with van der Waals surface area (Å²) in [6.07, 6.45) is -2.70. The number of nitro groups is 1. The number of halogens is 3. The van der Waals surface area contributed by atoms with E-state index in [1.165, 1.54) is 0 Å². The maximum Gasteiger partial charge on any atom is 0.329 e. The van der Waals surface area contributed by atoms with Gasteiger partial charge in [-0.25, -0.2) is 13.8 Å². The maximum atomic E-state index is 12.8. The molecule has 0 aliphatic carbocycles. The molecule has 0 amide bonds. The van der Waals surface area contributed by atoms with Crippen LogP contribution in [0.2, 0.25) is 0 Å². The van der Waals surface area contributed by atoms with E-state index in [0.29, 0.717) is 6.20 Å². The maximum absolute atomic E-state index is 12.8. The number of hydrogen-bond acceptors (Lipinski definition) is 4. The van der Waals surface area contributed by atoms with E-state index < -0.39 is 34.3 Å². The predicted octanol–water partition coefficient (Wildman–Crippen LogP) is 2.08. The summed E-state index contributed by atoms with van der Waals surface area (Å²) in [5, 5.41) is 10.4. The molecule has 0 fully saturated rings. The number of hydrogen-bond donors (Lipinski definition) is 0. The lowest BCUT2D eigenvalue weighted by Crippen LogP contribution is -2.03. The van der Waals surface area contributed by atoms with Crippen molar-refractivity contribution in [2.75, 3.05) is 7.11 Å². The molecule has 1 aromatic rings. The topological polar surface area (TPSA) is 65.3 Å². The Balaban J connectivity index is 3.47. The fourth-order valence-electron chi connectivity index (χ4n) is 1.01. The van der Waals surface area contributed by atoms with Crippen LogP contribution in [0.4, 0.5) is 18.9 Å². The van der Waals surface area contributed by atoms with Crippen LogP contribution < -0.4 is 4.74 Å². The lowest BCUT2D eigenvalue weighted by Gasteiger charge is -2.07. The molecule has 0 aliphatic rings. The normalized spacial score (nSPS) is 10.5. The second kappa shape index (κ2) is 4.11. The second-order valence-corrected chi connectivity index (χ2v) is 2.44. The first kappa shape index (κ1) is 11.2. The Hall–Kier alpha value is -1.86. The summed E-state index contributed by atoms with van der Waals surface area (Å²) in [5.41, 5.74) is -2.00. The Morgan fingerprint density at radius 2 is 2.20 bits per heavy atom. The molecule has 0 unspecified atom stereocenters. The molecule has 1 heterocycles. The van der Waals surface area contributed by atoms with Gasteiger partial charge >= 0.3 is 5.69 Å². The van der Waals surface area contributed by atoms with Crippen LogP contribution in [0.25, 0.3) is 0 Å². The number of methoxy groups -OCH3 is 1. The summed E-state index contributed by atoms with van der Waals surface area (Å²) in [5.74, 6) is -2.28. The number of nitrogens with zero attached hydrogens (tertiary/aromatic N) is 2. The molecule has 8 heteroatoms. The van der Waals surface area contributed by atoms with Crippen LogP contribution >= 0.6 is 0 Å². The molecular weight excluding hydrogens is 217 g/mol. The summed E-state index contributed by atoms with van der Waals surface area (Å²) in [6, 6.07) is 0. The third kappa shape index (κ3) is 1.97. The SMILES string of the molecule is COc1c([N+](=O)[O-])cnc(F)c1C(F)F. The Kier molecular flexibility index (Phi) is 3.08. The van der Waals surface area contributed by atoms with Gasteiger partial charge in [0.15, 0.2) is 0 Å². The van der Waals surface area contributed by atoms with Crippen LogP contribution in [-0.4, -0.2) is 17.0 Å². The molecule has 15 heavy (non-hydrogen) atoms. The van der Waals surface area contributed by atoms with Crippen LogP contribution in [0.1, 0.15) is 12.0 Å². The van der Waals surface area contributed by atoms with Crippen molar-refractivity contribution < 1.29 is 22.8 Å². The van der Waals surface area contributed by atoms with E-state index >= 15 is 0 Å². The first-order valence-corrected chi connectivity index (χ1v) is 3.64. The molecule has 0 aromatic carbocycles. The van der Waals surface area contributed by atoms with E-state index in [-0.39, 0.29) is 0 Å². The van der Waals surface area contributed by atoms with Gasteiger partial charge in [0.05, 0.1) is 12.0 Å². The summed E-state index contributed by atoms with van der Waals surface area (Å²) in [6.45, 7) is 0. The first-order chi connectivity index (χ1) is 6.99. The van der Waals surface area contributed by atoms with Gasteiger partial charge in [-0.05, 0) is 0 Å². The van der Waals surface area contributed by atoms with E-state index in [9.17, 15) is 23.3 Å². The molecule has 1 aromatic heterocycles. The van der Waals surface area contributed by atoms with Gasteiger partial charge in [0.2, 0.25) is 11.7 Å². The second-order valence-electron chi connectivity index (χ2n) is 2.44. The Labute approximate surface area is 81.6 Å². The lowest BCUT2D eigenvalue weighted by atomic mass is 10.2. The Morgan fingerprint density at radius 3 is 2.60 bits per heavy atom. The minimum Gasteiger partial charge on any atom is -0.490 e. The largest absolute Gasteiger partial charge is 0.490 e. The van der Waals surface area contributed by atoms with Crippen molar-refractivity contribution in [1.82, 2.24) is 4.98 Å². The monoisotopic (exact) mass is 222 g/mol. The fraction of sp³-hybridized carbons (Fsp3) is 0.286. The molecule has 0 saturated heterocycles. The molecule has 0 radical (unpaired) electrons. The minimum absolute atomic E-state index is 0.528. The van der Waals surface area contributed by atoms with Crippen molar-refractivity contribution in [3.8, 4) is 5.75 Å². The van der Waals surface area contributed by atoms with Crippen LogP contribution in [-0.2, 0) is 0 Å². The van der Waals surface area contributed by atoms with E-state index in [1.54, 1.807) is 0 Å². The zero-order chi connectivity index (χ0) is 11.6. The smallest absolute Gasteiger partial charge is 0.329 e. The molecule has 0 aliphatic heterocycles. The van der Waals surface area contributed by atoms with E-state index in [1.807, 2.05) is 0 Å². The van der Waals surface area contributed by atoms with Crippen molar-refractivity contribution in [3.05, 3.63) is 27.8 Å². The first-order valence-electron chi connectivity index (χ1n) is 3.64. The predicted molar refractivity (Wildman–Crippen MR) is 42.4 cm³/mol. The average Bonchev–Trinajstić information content (AvgIpc) is 2.15. The fourth-order valence-corrected chi connectivity index (χ4v) is 1.01. The van der Waals surface area contributed by atoms with Gasteiger partial charge in [0.25, 0.3) is 6.43 Å². The highest BCUT2D eigenvalue weighted by Crippen LogP contribution is 2.37. The van der Waals surface area contributed by atoms with Gasteiger partial charge in [-0.3, -0.25) is 10.1 Å². The highest BCUT2D eigenvalue weighted by molar-refractivity contribution is 5.50. The quantitative estimate of drug-likeness (QED) is 0.446. The Morgan fingerprint density at radius 1 is 1.60 bits per heavy atom. The van der Waals surface area contributed by atoms with Crippen molar-refractivity contribution >= 4 is 5.69 Å². The molecule has 0 atom stereocenters.